The van der Waals surface area contributed by atoms with E-state index in [0.29, 0.717) is 31.6 Å². The maximum absolute atomic E-state index is 6.12. The maximum atomic E-state index is 6.12. The second-order valence-corrected chi connectivity index (χ2v) is 7.35. The summed E-state index contributed by atoms with van der Waals surface area (Å²) in [4.78, 5) is 16.1. The van der Waals surface area contributed by atoms with Crippen molar-refractivity contribution in [3.05, 3.63) is 35.7 Å². The zero-order valence-corrected chi connectivity index (χ0v) is 15.8. The van der Waals surface area contributed by atoms with Gasteiger partial charge in [-0.2, -0.15) is 9.97 Å². The molecule has 2 saturated heterocycles. The number of rotatable bonds is 5. The molecule has 2 aromatic heterocycles. The van der Waals surface area contributed by atoms with Gasteiger partial charge in [0.05, 0.1) is 30.9 Å². The molecule has 28 heavy (non-hydrogen) atoms. The van der Waals surface area contributed by atoms with Crippen molar-refractivity contribution >= 4 is 11.8 Å². The Morgan fingerprint density at radius 1 is 1.29 bits per heavy atom. The molecule has 0 spiro atoms. The fourth-order valence-corrected chi connectivity index (χ4v) is 4.02. The first kappa shape index (κ1) is 17.6. The molecule has 2 unspecified atom stereocenters. The van der Waals surface area contributed by atoms with Crippen LogP contribution in [0.1, 0.15) is 30.0 Å². The highest BCUT2D eigenvalue weighted by Gasteiger charge is 2.30. The van der Waals surface area contributed by atoms with Crippen LogP contribution in [0.15, 0.2) is 24.5 Å². The van der Waals surface area contributed by atoms with E-state index < -0.39 is 0 Å². The van der Waals surface area contributed by atoms with E-state index in [1.54, 1.807) is 6.20 Å². The van der Waals surface area contributed by atoms with Gasteiger partial charge in [-0.25, -0.2) is 0 Å². The highest BCUT2D eigenvalue weighted by molar-refractivity contribution is 5.58. The van der Waals surface area contributed by atoms with E-state index in [9.17, 15) is 0 Å². The van der Waals surface area contributed by atoms with Gasteiger partial charge >= 0.3 is 0 Å². The van der Waals surface area contributed by atoms with Crippen molar-refractivity contribution < 1.29 is 14.2 Å². The molecular weight excluding hydrogens is 358 g/mol. The van der Waals surface area contributed by atoms with Crippen LogP contribution in [0.5, 0.6) is 5.88 Å². The number of anilines is 2. The average Bonchev–Trinajstić information content (AvgIpc) is 3.44. The molecule has 148 valence electrons. The molecule has 2 atom stereocenters. The first-order chi connectivity index (χ1) is 13.9. The summed E-state index contributed by atoms with van der Waals surface area (Å²) in [5, 5.41) is 3.37. The molecule has 0 aliphatic carbocycles. The normalized spacial score (nSPS) is 24.1. The number of nitrogens with zero attached hydrogens (tertiary/aromatic N) is 4. The fraction of sp³-hybridized carbons (Fsp3) is 0.550. The van der Waals surface area contributed by atoms with Gasteiger partial charge in [0.25, 0.3) is 0 Å². The lowest BCUT2D eigenvalue weighted by Gasteiger charge is -2.36. The largest absolute Gasteiger partial charge is 0.475 e. The summed E-state index contributed by atoms with van der Waals surface area (Å²) in [6, 6.07) is 4.05. The summed E-state index contributed by atoms with van der Waals surface area (Å²) in [5.41, 5.74) is 2.16. The fourth-order valence-electron chi connectivity index (χ4n) is 4.02. The van der Waals surface area contributed by atoms with E-state index in [2.05, 4.69) is 21.3 Å². The van der Waals surface area contributed by atoms with Crippen LogP contribution in [0.25, 0.3) is 0 Å². The molecule has 3 aliphatic heterocycles. The van der Waals surface area contributed by atoms with Crippen LogP contribution in [0.4, 0.5) is 11.8 Å². The molecule has 8 nitrogen and oxygen atoms in total. The Labute approximate surface area is 164 Å². The third-order valence-corrected chi connectivity index (χ3v) is 5.51. The predicted molar refractivity (Wildman–Crippen MR) is 104 cm³/mol. The predicted octanol–water partition coefficient (Wildman–Crippen LogP) is 1.98. The molecular formula is C20H25N5O3. The van der Waals surface area contributed by atoms with Crippen molar-refractivity contribution in [2.75, 3.05) is 49.7 Å². The van der Waals surface area contributed by atoms with Crippen molar-refractivity contribution in [2.45, 2.75) is 31.4 Å². The second kappa shape index (κ2) is 7.89. The van der Waals surface area contributed by atoms with E-state index in [4.69, 9.17) is 24.2 Å². The average molecular weight is 383 g/mol. The number of fused-ring (bicyclic) bond motifs is 1. The van der Waals surface area contributed by atoms with E-state index in [1.165, 1.54) is 0 Å². The van der Waals surface area contributed by atoms with Gasteiger partial charge in [-0.15, -0.1) is 0 Å². The molecule has 0 amide bonds. The summed E-state index contributed by atoms with van der Waals surface area (Å²) in [5.74, 6) is 2.23. The molecule has 0 bridgehead atoms. The lowest BCUT2D eigenvalue weighted by atomic mass is 10.1. The Morgan fingerprint density at radius 2 is 2.29 bits per heavy atom. The van der Waals surface area contributed by atoms with Gasteiger partial charge in [0.15, 0.2) is 0 Å². The highest BCUT2D eigenvalue weighted by atomic mass is 16.5. The number of morpholine rings is 1. The zero-order valence-electron chi connectivity index (χ0n) is 15.8. The monoisotopic (exact) mass is 383 g/mol. The van der Waals surface area contributed by atoms with Gasteiger partial charge in [0, 0.05) is 32.1 Å². The van der Waals surface area contributed by atoms with Crippen LogP contribution < -0.4 is 15.0 Å². The first-order valence-electron chi connectivity index (χ1n) is 10.0. The van der Waals surface area contributed by atoms with Crippen LogP contribution >= 0.6 is 0 Å². The zero-order chi connectivity index (χ0) is 18.8. The first-order valence-corrected chi connectivity index (χ1v) is 10.0. The van der Waals surface area contributed by atoms with Crippen molar-refractivity contribution in [3.63, 3.8) is 0 Å². The van der Waals surface area contributed by atoms with Gasteiger partial charge in [-0.05, 0) is 30.9 Å². The van der Waals surface area contributed by atoms with Crippen LogP contribution in [-0.4, -0.2) is 60.6 Å². The lowest BCUT2D eigenvalue weighted by Crippen LogP contribution is -2.40. The minimum Gasteiger partial charge on any atom is -0.475 e. The third kappa shape index (κ3) is 3.49. The van der Waals surface area contributed by atoms with Gasteiger partial charge in [-0.1, -0.05) is 6.07 Å². The molecule has 8 heteroatoms. The maximum Gasteiger partial charge on any atom is 0.231 e. The Balaban J connectivity index is 1.44. The Bertz CT molecular complexity index is 813. The van der Waals surface area contributed by atoms with Gasteiger partial charge in [0.1, 0.15) is 12.4 Å². The van der Waals surface area contributed by atoms with Crippen molar-refractivity contribution in [1.29, 1.82) is 0 Å². The van der Waals surface area contributed by atoms with Crippen LogP contribution in [0.3, 0.4) is 0 Å². The molecule has 0 saturated carbocycles. The van der Waals surface area contributed by atoms with E-state index in [0.717, 1.165) is 55.9 Å². The molecule has 2 fully saturated rings. The lowest BCUT2D eigenvalue weighted by molar-refractivity contribution is 0.0659. The molecule has 2 aromatic rings. The Morgan fingerprint density at radius 3 is 3.14 bits per heavy atom. The number of hydrogen-bond donors (Lipinski definition) is 1. The van der Waals surface area contributed by atoms with E-state index in [1.807, 2.05) is 12.3 Å². The van der Waals surface area contributed by atoms with Crippen molar-refractivity contribution in [2.24, 2.45) is 0 Å². The number of nitrogens with one attached hydrogen (secondary N) is 1. The number of hydrogen-bond acceptors (Lipinski definition) is 8. The molecule has 0 aromatic carbocycles. The van der Waals surface area contributed by atoms with Gasteiger partial charge in [0.2, 0.25) is 11.8 Å². The van der Waals surface area contributed by atoms with E-state index in [-0.39, 0.29) is 12.1 Å². The Hall–Kier alpha value is -2.45. The number of aromatic nitrogens is 3. The molecule has 3 aliphatic rings. The van der Waals surface area contributed by atoms with Crippen molar-refractivity contribution in [1.82, 2.24) is 15.0 Å². The van der Waals surface area contributed by atoms with Crippen LogP contribution in [-0.2, 0) is 15.9 Å². The van der Waals surface area contributed by atoms with Crippen molar-refractivity contribution in [3.8, 4) is 5.88 Å². The molecule has 1 N–H and O–H groups in total. The summed E-state index contributed by atoms with van der Waals surface area (Å²) < 4.78 is 17.6. The molecule has 5 heterocycles. The topological polar surface area (TPSA) is 81.6 Å². The van der Waals surface area contributed by atoms with Crippen LogP contribution in [0, 0.1) is 0 Å². The minimum atomic E-state index is 0.0351. The van der Waals surface area contributed by atoms with E-state index >= 15 is 0 Å². The van der Waals surface area contributed by atoms with Gasteiger partial charge in [-0.3, -0.25) is 4.98 Å². The number of ether oxygens (including phenoxy) is 3. The third-order valence-electron chi connectivity index (χ3n) is 5.51. The second-order valence-electron chi connectivity index (χ2n) is 7.35. The smallest absolute Gasteiger partial charge is 0.231 e. The summed E-state index contributed by atoms with van der Waals surface area (Å²) in [6.07, 6.45) is 6.85. The summed E-state index contributed by atoms with van der Waals surface area (Å²) in [6.45, 7) is 4.19. The van der Waals surface area contributed by atoms with Gasteiger partial charge < -0.3 is 24.4 Å². The molecule has 0 radical (unpaired) electrons. The molecule has 5 rings (SSSR count). The quantitative estimate of drug-likeness (QED) is 0.839. The Kier molecular flexibility index (Phi) is 4.97. The standard InChI is InChI=1S/C20H25N5O3/c1-3-14(11-21-6-1)17-13-26-10-8-25(17)20-23-18-16(5-7-22-18)19(24-20)28-12-15-4-2-9-27-15/h1,3,6,11,15,17H,2,4-5,7-10,12-13H2,(H,22,23,24). The number of pyridine rings is 1. The summed E-state index contributed by atoms with van der Waals surface area (Å²) >= 11 is 0. The highest BCUT2D eigenvalue weighted by Crippen LogP contribution is 2.34. The summed E-state index contributed by atoms with van der Waals surface area (Å²) in [7, 11) is 0. The minimum absolute atomic E-state index is 0.0351. The van der Waals surface area contributed by atoms with Crippen LogP contribution in [0.2, 0.25) is 0 Å². The SMILES string of the molecule is c1cncc(C2COCCN2c2nc3c(c(OCC4CCCO4)n2)CCN3)c1.